The number of thiazole rings is 1. The van der Waals surface area contributed by atoms with Crippen molar-refractivity contribution < 1.29 is 23.4 Å². The number of aryl methyl sites for hydroxylation is 1. The van der Waals surface area contributed by atoms with Crippen LogP contribution < -0.4 is 5.32 Å². The molecule has 23 heavy (non-hydrogen) atoms. The lowest BCUT2D eigenvalue weighted by atomic mass is 10.3. The highest BCUT2D eigenvalue weighted by Gasteiger charge is 2.16. The SMILES string of the molecule is CCS(=O)(=O)c1ccc(O)c(Nc2nc(C)c(CC(=O)O)s2)c1. The van der Waals surface area contributed by atoms with Gasteiger partial charge in [-0.3, -0.25) is 4.79 Å². The van der Waals surface area contributed by atoms with Crippen LogP contribution in [-0.2, 0) is 21.1 Å². The molecule has 0 unspecified atom stereocenters. The maximum Gasteiger partial charge on any atom is 0.308 e. The zero-order valence-electron chi connectivity index (χ0n) is 12.5. The van der Waals surface area contributed by atoms with Gasteiger partial charge in [-0.05, 0) is 25.1 Å². The first kappa shape index (κ1) is 17.2. The fraction of sp³-hybridized carbons (Fsp3) is 0.286. The van der Waals surface area contributed by atoms with Gasteiger partial charge in [0.25, 0.3) is 0 Å². The molecule has 124 valence electrons. The molecule has 0 radical (unpaired) electrons. The number of aromatic hydroxyl groups is 1. The summed E-state index contributed by atoms with van der Waals surface area (Å²) in [5, 5.41) is 22.0. The molecule has 2 rings (SSSR count). The van der Waals surface area contributed by atoms with E-state index in [4.69, 9.17) is 5.11 Å². The smallest absolute Gasteiger partial charge is 0.308 e. The number of aliphatic carboxylic acids is 1. The van der Waals surface area contributed by atoms with E-state index in [0.717, 1.165) is 11.3 Å². The zero-order valence-corrected chi connectivity index (χ0v) is 14.2. The summed E-state index contributed by atoms with van der Waals surface area (Å²) in [6.45, 7) is 3.23. The van der Waals surface area contributed by atoms with E-state index in [9.17, 15) is 18.3 Å². The molecule has 9 heteroatoms. The molecule has 1 aromatic heterocycles. The Morgan fingerprint density at radius 1 is 1.39 bits per heavy atom. The monoisotopic (exact) mass is 356 g/mol. The highest BCUT2D eigenvalue weighted by atomic mass is 32.2. The van der Waals surface area contributed by atoms with E-state index in [1.54, 1.807) is 6.92 Å². The van der Waals surface area contributed by atoms with Gasteiger partial charge in [0, 0.05) is 4.88 Å². The zero-order chi connectivity index (χ0) is 17.2. The third-order valence-electron chi connectivity index (χ3n) is 3.15. The van der Waals surface area contributed by atoms with Crippen LogP contribution >= 0.6 is 11.3 Å². The molecule has 7 nitrogen and oxygen atoms in total. The van der Waals surface area contributed by atoms with Gasteiger partial charge in [-0.2, -0.15) is 0 Å². The number of hydrogen-bond donors (Lipinski definition) is 3. The molecule has 0 aliphatic carbocycles. The number of aromatic nitrogens is 1. The molecule has 0 amide bonds. The van der Waals surface area contributed by atoms with Gasteiger partial charge in [-0.25, -0.2) is 13.4 Å². The van der Waals surface area contributed by atoms with Crippen LogP contribution in [0.3, 0.4) is 0 Å². The predicted molar refractivity (Wildman–Crippen MR) is 87.3 cm³/mol. The molecular formula is C14H16N2O5S2. The summed E-state index contributed by atoms with van der Waals surface area (Å²) in [6, 6.07) is 3.97. The van der Waals surface area contributed by atoms with Crippen molar-refractivity contribution in [2.24, 2.45) is 0 Å². The lowest BCUT2D eigenvalue weighted by molar-refractivity contribution is -0.136. The Hall–Kier alpha value is -2.13. The number of carboxylic acids is 1. The number of anilines is 2. The molecule has 1 aromatic carbocycles. The average Bonchev–Trinajstić information content (AvgIpc) is 2.80. The summed E-state index contributed by atoms with van der Waals surface area (Å²) in [7, 11) is -3.39. The fourth-order valence-electron chi connectivity index (χ4n) is 1.87. The van der Waals surface area contributed by atoms with Gasteiger partial charge in [0.05, 0.1) is 28.5 Å². The second-order valence-corrected chi connectivity index (χ2v) is 8.17. The first-order valence-electron chi connectivity index (χ1n) is 6.74. The van der Waals surface area contributed by atoms with Crippen LogP contribution in [0.4, 0.5) is 10.8 Å². The molecule has 0 saturated heterocycles. The van der Waals surface area contributed by atoms with Crippen molar-refractivity contribution in [1.29, 1.82) is 0 Å². The Bertz CT molecular complexity index is 843. The molecule has 1 heterocycles. The van der Waals surface area contributed by atoms with Crippen molar-refractivity contribution in [3.05, 3.63) is 28.8 Å². The number of benzene rings is 1. The molecule has 0 spiro atoms. The molecular weight excluding hydrogens is 340 g/mol. The Morgan fingerprint density at radius 2 is 2.09 bits per heavy atom. The maximum atomic E-state index is 11.9. The number of nitrogens with one attached hydrogen (secondary N) is 1. The van der Waals surface area contributed by atoms with E-state index in [2.05, 4.69) is 10.3 Å². The van der Waals surface area contributed by atoms with Gasteiger partial charge in [0.1, 0.15) is 5.75 Å². The summed E-state index contributed by atoms with van der Waals surface area (Å²) < 4.78 is 23.8. The van der Waals surface area contributed by atoms with Crippen molar-refractivity contribution in [2.75, 3.05) is 11.1 Å². The maximum absolute atomic E-state index is 11.9. The molecule has 0 saturated carbocycles. The average molecular weight is 356 g/mol. The number of rotatable bonds is 6. The van der Waals surface area contributed by atoms with E-state index >= 15 is 0 Å². The molecule has 0 aliphatic heterocycles. The van der Waals surface area contributed by atoms with Crippen LogP contribution in [0.1, 0.15) is 17.5 Å². The number of phenols is 1. The third-order valence-corrected chi connectivity index (χ3v) is 5.96. The van der Waals surface area contributed by atoms with E-state index in [1.165, 1.54) is 25.1 Å². The van der Waals surface area contributed by atoms with Gasteiger partial charge >= 0.3 is 5.97 Å². The van der Waals surface area contributed by atoms with Crippen molar-refractivity contribution in [3.63, 3.8) is 0 Å². The summed E-state index contributed by atoms with van der Waals surface area (Å²) in [5.41, 5.74) is 0.784. The molecule has 3 N–H and O–H groups in total. The number of carboxylic acid groups (broad SMARTS) is 1. The number of carbonyl (C=O) groups is 1. The first-order chi connectivity index (χ1) is 10.7. The number of nitrogens with zero attached hydrogens (tertiary/aromatic N) is 1. The van der Waals surface area contributed by atoms with Crippen LogP contribution in [0.25, 0.3) is 0 Å². The molecule has 0 atom stereocenters. The molecule has 2 aromatic rings. The fourth-order valence-corrected chi connectivity index (χ4v) is 3.75. The number of phenolic OH excluding ortho intramolecular Hbond substituents is 1. The standard InChI is InChI=1S/C14H16N2O5S2/c1-3-23(20,21)9-4-5-11(17)10(6-9)16-14-15-8(2)12(22-14)7-13(18)19/h4-6,17H,3,7H2,1-2H3,(H,15,16)(H,18,19). The van der Waals surface area contributed by atoms with Gasteiger partial charge < -0.3 is 15.5 Å². The van der Waals surface area contributed by atoms with Crippen molar-refractivity contribution >= 4 is 38.0 Å². The lowest BCUT2D eigenvalue weighted by Crippen LogP contribution is -2.04. The second-order valence-electron chi connectivity index (χ2n) is 4.81. The second kappa shape index (κ2) is 6.55. The summed E-state index contributed by atoms with van der Waals surface area (Å²) in [5.74, 6) is -1.12. The number of sulfone groups is 1. The topological polar surface area (TPSA) is 117 Å². The minimum atomic E-state index is -3.39. The molecule has 0 bridgehead atoms. The summed E-state index contributed by atoms with van der Waals surface area (Å²) >= 11 is 1.15. The molecule has 0 fully saturated rings. The summed E-state index contributed by atoms with van der Waals surface area (Å²) in [6.07, 6.45) is -0.137. The van der Waals surface area contributed by atoms with E-state index in [0.29, 0.717) is 15.7 Å². The van der Waals surface area contributed by atoms with Crippen LogP contribution in [0.15, 0.2) is 23.1 Å². The largest absolute Gasteiger partial charge is 0.506 e. The number of hydrogen-bond acceptors (Lipinski definition) is 7. The normalized spacial score (nSPS) is 11.4. The van der Waals surface area contributed by atoms with Gasteiger partial charge in [-0.1, -0.05) is 6.92 Å². The summed E-state index contributed by atoms with van der Waals surface area (Å²) in [4.78, 5) is 15.7. The minimum absolute atomic E-state index is 0.0453. The van der Waals surface area contributed by atoms with Gasteiger partial charge in [0.2, 0.25) is 0 Å². The Morgan fingerprint density at radius 3 is 2.70 bits per heavy atom. The highest BCUT2D eigenvalue weighted by Crippen LogP contribution is 2.32. The van der Waals surface area contributed by atoms with E-state index < -0.39 is 15.8 Å². The lowest BCUT2D eigenvalue weighted by Gasteiger charge is -2.08. The van der Waals surface area contributed by atoms with Crippen LogP contribution in [0, 0.1) is 6.92 Å². The predicted octanol–water partition coefficient (Wildman–Crippen LogP) is 2.32. The Kier molecular flexibility index (Phi) is 4.90. The third kappa shape index (κ3) is 3.99. The van der Waals surface area contributed by atoms with E-state index in [-0.39, 0.29) is 28.5 Å². The quantitative estimate of drug-likeness (QED) is 0.680. The Labute approximate surface area is 137 Å². The first-order valence-corrected chi connectivity index (χ1v) is 9.20. The van der Waals surface area contributed by atoms with Crippen LogP contribution in [-0.4, -0.2) is 35.3 Å². The highest BCUT2D eigenvalue weighted by molar-refractivity contribution is 7.91. The minimum Gasteiger partial charge on any atom is -0.506 e. The van der Waals surface area contributed by atoms with Crippen molar-refractivity contribution in [3.8, 4) is 5.75 Å². The molecule has 0 aliphatic rings. The van der Waals surface area contributed by atoms with E-state index in [1.807, 2.05) is 0 Å². The van der Waals surface area contributed by atoms with Gasteiger partial charge in [0.15, 0.2) is 15.0 Å². The van der Waals surface area contributed by atoms with Crippen molar-refractivity contribution in [2.45, 2.75) is 25.2 Å². The van der Waals surface area contributed by atoms with Gasteiger partial charge in [-0.15, -0.1) is 11.3 Å². The van der Waals surface area contributed by atoms with Crippen LogP contribution in [0.2, 0.25) is 0 Å². The Balaban J connectivity index is 2.33. The van der Waals surface area contributed by atoms with Crippen LogP contribution in [0.5, 0.6) is 5.75 Å². The van der Waals surface area contributed by atoms with Crippen molar-refractivity contribution in [1.82, 2.24) is 4.98 Å².